The zero-order valence-corrected chi connectivity index (χ0v) is 19.1. The van der Waals surface area contributed by atoms with Crippen LogP contribution in [0.25, 0.3) is 22.4 Å². The second-order valence-electron chi connectivity index (χ2n) is 8.27. The summed E-state index contributed by atoms with van der Waals surface area (Å²) in [6.07, 6.45) is 4.18. The highest BCUT2D eigenvalue weighted by atomic mass is 19.1. The van der Waals surface area contributed by atoms with Crippen LogP contribution in [0.3, 0.4) is 0 Å². The molecule has 1 aromatic carbocycles. The van der Waals surface area contributed by atoms with E-state index in [1.165, 1.54) is 31.7 Å². The number of aromatic nitrogens is 3. The first-order chi connectivity index (χ1) is 17.3. The molecule has 0 fully saturated rings. The molecule has 36 heavy (non-hydrogen) atoms. The van der Waals surface area contributed by atoms with Crippen LogP contribution in [0.1, 0.15) is 23.5 Å². The van der Waals surface area contributed by atoms with Crippen LogP contribution < -0.4 is 10.5 Å². The number of carbonyl (C=O) groups excluding carboxylic acids is 1. The third kappa shape index (κ3) is 4.24. The monoisotopic (exact) mass is 486 g/mol. The Morgan fingerprint density at radius 1 is 1.03 bits per heavy atom. The Hall–Kier alpha value is -4.73. The molecule has 5 rings (SSSR count). The molecule has 0 radical (unpaired) electrons. The summed E-state index contributed by atoms with van der Waals surface area (Å²) in [6.45, 7) is 0. The molecule has 1 atom stereocenters. The van der Waals surface area contributed by atoms with E-state index in [0.29, 0.717) is 45.0 Å². The first-order valence-electron chi connectivity index (χ1n) is 11.0. The topological polar surface area (TPSA) is 118 Å². The van der Waals surface area contributed by atoms with Gasteiger partial charge in [0.15, 0.2) is 5.96 Å². The summed E-state index contributed by atoms with van der Waals surface area (Å²) >= 11 is 0. The normalized spacial score (nSPS) is 13.8. The number of fused-ring (bicyclic) bond motifs is 2. The van der Waals surface area contributed by atoms with Gasteiger partial charge in [-0.15, -0.1) is 0 Å². The van der Waals surface area contributed by atoms with Crippen molar-refractivity contribution in [2.24, 2.45) is 5.73 Å². The molecular formula is C26H20F2N6O2. The number of nitrogens with one attached hydrogen (secondary N) is 1. The molecular weight excluding hydrogens is 466 g/mol. The first kappa shape index (κ1) is 23.0. The fraction of sp³-hybridized carbons (Fsp3) is 0.115. The summed E-state index contributed by atoms with van der Waals surface area (Å²) in [4.78, 5) is 25.8. The Labute approximate surface area is 204 Å². The van der Waals surface area contributed by atoms with Crippen LogP contribution in [0.2, 0.25) is 0 Å². The number of hydrogen-bond donors (Lipinski definition) is 2. The van der Waals surface area contributed by atoms with Gasteiger partial charge >= 0.3 is 0 Å². The van der Waals surface area contributed by atoms with Crippen molar-refractivity contribution in [3.05, 3.63) is 90.1 Å². The van der Waals surface area contributed by atoms with Crippen LogP contribution in [-0.2, 0) is 4.79 Å². The number of guanidine groups is 1. The number of rotatable bonds is 4. The number of nitrogens with zero attached hydrogens (tertiary/aromatic N) is 4. The van der Waals surface area contributed by atoms with Gasteiger partial charge in [0.1, 0.15) is 11.5 Å². The summed E-state index contributed by atoms with van der Waals surface area (Å²) in [5.41, 5.74) is 8.65. The Morgan fingerprint density at radius 2 is 1.83 bits per heavy atom. The fourth-order valence-electron chi connectivity index (χ4n) is 4.17. The summed E-state index contributed by atoms with van der Waals surface area (Å²) in [6, 6.07) is 13.1. The van der Waals surface area contributed by atoms with Gasteiger partial charge in [0, 0.05) is 60.1 Å². The van der Waals surface area contributed by atoms with E-state index >= 15 is 0 Å². The molecule has 3 aromatic heterocycles. The molecule has 1 aliphatic heterocycles. The van der Waals surface area contributed by atoms with Gasteiger partial charge in [-0.2, -0.15) is 8.78 Å². The van der Waals surface area contributed by atoms with Crippen LogP contribution >= 0.6 is 0 Å². The molecule has 10 heteroatoms. The zero-order valence-electron chi connectivity index (χ0n) is 19.1. The first-order valence-corrected chi connectivity index (χ1v) is 11.0. The maximum atomic E-state index is 14.4. The maximum absolute atomic E-state index is 14.4. The molecule has 8 nitrogen and oxygen atoms in total. The van der Waals surface area contributed by atoms with Gasteiger partial charge in [-0.05, 0) is 42.0 Å². The summed E-state index contributed by atoms with van der Waals surface area (Å²) in [5.74, 6) is -1.66. The van der Waals surface area contributed by atoms with Crippen molar-refractivity contribution < 1.29 is 18.3 Å². The van der Waals surface area contributed by atoms with Crippen LogP contribution in [-0.4, -0.2) is 38.8 Å². The largest absolute Gasteiger partial charge is 0.455 e. The lowest BCUT2D eigenvalue weighted by Gasteiger charge is -2.29. The van der Waals surface area contributed by atoms with Gasteiger partial charge < -0.3 is 10.5 Å². The number of pyridine rings is 3. The highest BCUT2D eigenvalue weighted by Crippen LogP contribution is 2.47. The van der Waals surface area contributed by atoms with Gasteiger partial charge in [0.25, 0.3) is 0 Å². The molecule has 1 amide bonds. The minimum absolute atomic E-state index is 0.0490. The number of ether oxygens (including phenoxy) is 1. The smallest absolute Gasteiger partial charge is 0.229 e. The predicted molar refractivity (Wildman–Crippen MR) is 128 cm³/mol. The van der Waals surface area contributed by atoms with Crippen molar-refractivity contribution in [2.45, 2.75) is 12.3 Å². The van der Waals surface area contributed by atoms with Crippen molar-refractivity contribution in [1.82, 2.24) is 19.9 Å². The molecule has 0 saturated carbocycles. The summed E-state index contributed by atoms with van der Waals surface area (Å²) in [5, 5.41) is 7.63. The van der Waals surface area contributed by atoms with Crippen molar-refractivity contribution >= 4 is 11.9 Å². The standard InChI is InChI=1S/C26H20F2N6O2/c1-34(26(29)30)24(35)12-17-18-9-14(16-3-2-7-32-25(16)28)4-5-21(18)36-22-13-33-20(11-19(17)22)15-6-8-31-23(27)10-15/h2-11,13,17H,12H2,1H3,(H3,29,30). The average molecular weight is 486 g/mol. The highest BCUT2D eigenvalue weighted by Gasteiger charge is 2.32. The zero-order chi connectivity index (χ0) is 25.4. The number of carbonyl (C=O) groups is 1. The lowest BCUT2D eigenvalue weighted by atomic mass is 9.83. The molecule has 0 spiro atoms. The lowest BCUT2D eigenvalue weighted by molar-refractivity contribution is -0.126. The van der Waals surface area contributed by atoms with Gasteiger partial charge in [0.05, 0.1) is 11.9 Å². The Kier molecular flexibility index (Phi) is 5.85. The van der Waals surface area contributed by atoms with Crippen molar-refractivity contribution in [2.75, 3.05) is 7.05 Å². The van der Waals surface area contributed by atoms with E-state index in [4.69, 9.17) is 15.9 Å². The van der Waals surface area contributed by atoms with Gasteiger partial charge in [-0.1, -0.05) is 6.07 Å². The number of benzene rings is 1. The molecule has 3 N–H and O–H groups in total. The third-order valence-electron chi connectivity index (χ3n) is 6.08. The molecule has 0 aliphatic carbocycles. The van der Waals surface area contributed by atoms with Crippen LogP contribution in [0.5, 0.6) is 11.5 Å². The Bertz CT molecular complexity index is 1510. The molecule has 1 aliphatic rings. The van der Waals surface area contributed by atoms with Crippen LogP contribution in [0, 0.1) is 17.3 Å². The van der Waals surface area contributed by atoms with E-state index in [1.807, 2.05) is 0 Å². The second kappa shape index (κ2) is 9.14. The van der Waals surface area contributed by atoms with Crippen molar-refractivity contribution in [3.63, 3.8) is 0 Å². The number of hydrogen-bond acceptors (Lipinski definition) is 6. The van der Waals surface area contributed by atoms with Crippen molar-refractivity contribution in [3.8, 4) is 33.9 Å². The molecule has 1 unspecified atom stereocenters. The van der Waals surface area contributed by atoms with E-state index in [2.05, 4.69) is 15.0 Å². The molecule has 180 valence electrons. The minimum atomic E-state index is -0.647. The van der Waals surface area contributed by atoms with E-state index in [0.717, 1.165) is 4.90 Å². The third-order valence-corrected chi connectivity index (χ3v) is 6.08. The van der Waals surface area contributed by atoms with Crippen molar-refractivity contribution in [1.29, 1.82) is 5.41 Å². The number of amides is 1. The number of nitrogens with two attached hydrogens (primary N) is 1. The Morgan fingerprint density at radius 3 is 2.58 bits per heavy atom. The van der Waals surface area contributed by atoms with Crippen LogP contribution in [0.4, 0.5) is 8.78 Å². The van der Waals surface area contributed by atoms with Crippen LogP contribution in [0.15, 0.2) is 67.1 Å². The van der Waals surface area contributed by atoms with Gasteiger partial charge in [-0.25, -0.2) is 9.97 Å². The second-order valence-corrected chi connectivity index (χ2v) is 8.27. The maximum Gasteiger partial charge on any atom is 0.229 e. The van der Waals surface area contributed by atoms with E-state index in [1.54, 1.807) is 42.5 Å². The molecule has 4 aromatic rings. The molecule has 4 heterocycles. The lowest BCUT2D eigenvalue weighted by Crippen LogP contribution is -2.38. The fourth-order valence-corrected chi connectivity index (χ4v) is 4.17. The SMILES string of the molecule is CN(C(=N)N)C(=O)CC1c2cc(-c3cccnc3F)ccc2Oc2cnc(-c3ccnc(F)c3)cc21. The summed E-state index contributed by atoms with van der Waals surface area (Å²) in [7, 11) is 1.42. The van der Waals surface area contributed by atoms with E-state index in [9.17, 15) is 13.6 Å². The summed E-state index contributed by atoms with van der Waals surface area (Å²) < 4.78 is 34.3. The van der Waals surface area contributed by atoms with Gasteiger partial charge in [-0.3, -0.25) is 20.1 Å². The minimum Gasteiger partial charge on any atom is -0.455 e. The van der Waals surface area contributed by atoms with E-state index < -0.39 is 23.7 Å². The predicted octanol–water partition coefficient (Wildman–Crippen LogP) is 4.46. The number of halogens is 2. The quantitative estimate of drug-likeness (QED) is 0.250. The Balaban J connectivity index is 1.64. The average Bonchev–Trinajstić information content (AvgIpc) is 2.88. The molecule has 0 saturated heterocycles. The van der Waals surface area contributed by atoms with Gasteiger partial charge in [0.2, 0.25) is 17.8 Å². The molecule has 0 bridgehead atoms. The highest BCUT2D eigenvalue weighted by molar-refractivity contribution is 5.95. The van der Waals surface area contributed by atoms with E-state index in [-0.39, 0.29) is 12.4 Å².